The van der Waals surface area contributed by atoms with Crippen molar-refractivity contribution in [2.45, 2.75) is 20.4 Å². The largest absolute Gasteiger partial charge is 0.510 e. The number of aromatic nitrogens is 2. The van der Waals surface area contributed by atoms with Gasteiger partial charge in [0, 0.05) is 29.2 Å². The highest BCUT2D eigenvalue weighted by molar-refractivity contribution is 7.19. The number of aliphatic hydroxyl groups excluding tert-OH is 1. The highest BCUT2D eigenvalue weighted by Crippen LogP contribution is 2.35. The van der Waals surface area contributed by atoms with Crippen LogP contribution in [0.2, 0.25) is 0 Å². The van der Waals surface area contributed by atoms with Gasteiger partial charge in [-0.25, -0.2) is 9.78 Å². The number of anilines is 1. The fraction of sp³-hybridized carbons (Fsp3) is 0.172. The number of aryl methyl sites for hydroxylation is 1. The number of esters is 1. The summed E-state index contributed by atoms with van der Waals surface area (Å²) < 4.78 is 8.25. The van der Waals surface area contributed by atoms with Crippen LogP contribution in [-0.4, -0.2) is 45.4 Å². The minimum atomic E-state index is -0.613. The van der Waals surface area contributed by atoms with Crippen molar-refractivity contribution in [3.05, 3.63) is 101 Å². The van der Waals surface area contributed by atoms with E-state index in [0.717, 1.165) is 21.6 Å². The Labute approximate surface area is 223 Å². The standard InChI is InChI=1S/C29H26N4O4S/c1-4-13-32-17(2)14-21(18(32)3)24(35)16-37-29(36)19-9-11-20(12-10-19)33-15-23(34)26(27(33)30)28-31-22-7-5-6-8-25(22)38-28/h4-12,14,30,34H,1,13,15-16H2,2-3H3. The summed E-state index contributed by atoms with van der Waals surface area (Å²) in [5.41, 5.74) is 4.42. The van der Waals surface area contributed by atoms with E-state index in [1.54, 1.807) is 41.3 Å². The van der Waals surface area contributed by atoms with Crippen molar-refractivity contribution in [2.75, 3.05) is 18.1 Å². The predicted octanol–water partition coefficient (Wildman–Crippen LogP) is 5.71. The Kier molecular flexibility index (Phi) is 6.69. The van der Waals surface area contributed by atoms with Crippen LogP contribution in [0.4, 0.5) is 5.69 Å². The number of ether oxygens (including phenoxy) is 1. The molecule has 0 spiro atoms. The average Bonchev–Trinajstić information content (AvgIpc) is 3.56. The van der Waals surface area contributed by atoms with Crippen LogP contribution in [-0.2, 0) is 11.3 Å². The lowest BCUT2D eigenvalue weighted by Crippen LogP contribution is -2.26. The molecule has 0 saturated heterocycles. The van der Waals surface area contributed by atoms with E-state index in [0.29, 0.717) is 28.4 Å². The molecule has 1 aliphatic rings. The molecule has 3 heterocycles. The number of hydrogen-bond acceptors (Lipinski definition) is 7. The maximum atomic E-state index is 12.7. The second kappa shape index (κ2) is 10.1. The Hall–Kier alpha value is -4.50. The summed E-state index contributed by atoms with van der Waals surface area (Å²) in [6.07, 6.45) is 1.76. The van der Waals surface area contributed by atoms with Crippen molar-refractivity contribution in [1.29, 1.82) is 5.41 Å². The Morgan fingerprint density at radius 1 is 1.18 bits per heavy atom. The van der Waals surface area contributed by atoms with E-state index in [4.69, 9.17) is 10.1 Å². The summed E-state index contributed by atoms with van der Waals surface area (Å²) in [5, 5.41) is 19.9. The molecule has 0 radical (unpaired) electrons. The van der Waals surface area contributed by atoms with Gasteiger partial charge in [-0.15, -0.1) is 17.9 Å². The zero-order valence-corrected chi connectivity index (χ0v) is 21.8. The lowest BCUT2D eigenvalue weighted by Gasteiger charge is -2.18. The molecule has 2 aromatic heterocycles. The number of thiazole rings is 1. The lowest BCUT2D eigenvalue weighted by atomic mass is 10.1. The molecule has 0 fully saturated rings. The molecule has 38 heavy (non-hydrogen) atoms. The fourth-order valence-electron chi connectivity index (χ4n) is 4.57. The second-order valence-corrected chi connectivity index (χ2v) is 10.0. The van der Waals surface area contributed by atoms with Gasteiger partial charge in [-0.05, 0) is 56.3 Å². The van der Waals surface area contributed by atoms with Crippen molar-refractivity contribution in [3.8, 4) is 0 Å². The van der Waals surface area contributed by atoms with Crippen LogP contribution in [0.15, 0.2) is 73.0 Å². The van der Waals surface area contributed by atoms with Crippen LogP contribution in [0.1, 0.15) is 37.1 Å². The molecule has 0 unspecified atom stereocenters. The third-order valence-corrected chi connectivity index (χ3v) is 7.60. The van der Waals surface area contributed by atoms with Crippen LogP contribution in [0.5, 0.6) is 0 Å². The highest BCUT2D eigenvalue weighted by Gasteiger charge is 2.31. The number of Topliss-reactive ketones (excluding diaryl/α,β-unsaturated/α-hetero) is 1. The van der Waals surface area contributed by atoms with Gasteiger partial charge in [-0.2, -0.15) is 0 Å². The number of carbonyl (C=O) groups excluding carboxylic acids is 2. The van der Waals surface area contributed by atoms with E-state index >= 15 is 0 Å². The van der Waals surface area contributed by atoms with Gasteiger partial charge in [0.15, 0.2) is 6.61 Å². The zero-order chi connectivity index (χ0) is 27.0. The third-order valence-electron chi connectivity index (χ3n) is 6.55. The maximum absolute atomic E-state index is 12.7. The number of amidine groups is 1. The zero-order valence-electron chi connectivity index (χ0n) is 21.0. The van der Waals surface area contributed by atoms with Crippen molar-refractivity contribution >= 4 is 50.4 Å². The quantitative estimate of drug-likeness (QED) is 0.173. The first-order valence-corrected chi connectivity index (χ1v) is 12.8. The minimum Gasteiger partial charge on any atom is -0.510 e. The number of rotatable bonds is 8. The van der Waals surface area contributed by atoms with Crippen LogP contribution in [0.25, 0.3) is 15.8 Å². The molecule has 5 rings (SSSR count). The lowest BCUT2D eigenvalue weighted by molar-refractivity contribution is 0.0474. The average molecular weight is 527 g/mol. The Morgan fingerprint density at radius 3 is 2.63 bits per heavy atom. The first-order chi connectivity index (χ1) is 18.3. The first-order valence-electron chi connectivity index (χ1n) is 12.0. The highest BCUT2D eigenvalue weighted by atomic mass is 32.1. The molecular formula is C29H26N4O4S. The Bertz CT molecular complexity index is 1590. The van der Waals surface area contributed by atoms with E-state index in [9.17, 15) is 14.7 Å². The summed E-state index contributed by atoms with van der Waals surface area (Å²) in [7, 11) is 0. The maximum Gasteiger partial charge on any atom is 0.338 e. The van der Waals surface area contributed by atoms with Gasteiger partial charge in [-0.3, -0.25) is 10.2 Å². The van der Waals surface area contributed by atoms with E-state index in [1.807, 2.05) is 42.7 Å². The summed E-state index contributed by atoms with van der Waals surface area (Å²) in [6, 6.07) is 16.0. The number of para-hydroxylation sites is 1. The van der Waals surface area contributed by atoms with E-state index in [-0.39, 0.29) is 36.1 Å². The molecule has 0 atom stereocenters. The van der Waals surface area contributed by atoms with Gasteiger partial charge >= 0.3 is 5.97 Å². The van der Waals surface area contributed by atoms with Crippen LogP contribution < -0.4 is 4.90 Å². The molecule has 9 heteroatoms. The number of ketones is 1. The van der Waals surface area contributed by atoms with Gasteiger partial charge in [0.2, 0.25) is 5.78 Å². The first kappa shape index (κ1) is 25.2. The van der Waals surface area contributed by atoms with Gasteiger partial charge in [0.25, 0.3) is 0 Å². The molecule has 192 valence electrons. The molecule has 1 aliphatic heterocycles. The van der Waals surface area contributed by atoms with Crippen LogP contribution >= 0.6 is 11.3 Å². The molecule has 8 nitrogen and oxygen atoms in total. The summed E-state index contributed by atoms with van der Waals surface area (Å²) in [6.45, 7) is 7.88. The second-order valence-electron chi connectivity index (χ2n) is 8.97. The summed E-state index contributed by atoms with van der Waals surface area (Å²) >= 11 is 1.43. The number of nitrogens with zero attached hydrogens (tertiary/aromatic N) is 3. The van der Waals surface area contributed by atoms with Crippen molar-refractivity contribution in [2.24, 2.45) is 0 Å². The number of benzene rings is 2. The van der Waals surface area contributed by atoms with E-state index < -0.39 is 5.97 Å². The van der Waals surface area contributed by atoms with Crippen molar-refractivity contribution in [1.82, 2.24) is 9.55 Å². The molecule has 0 bridgehead atoms. The van der Waals surface area contributed by atoms with E-state index in [2.05, 4.69) is 11.6 Å². The SMILES string of the molecule is C=CCn1c(C)cc(C(=O)COC(=O)c2ccc(N3CC(O)=C(c4nc5ccccc5s4)C3=N)cc2)c1C. The normalized spacial score (nSPS) is 13.4. The topological polar surface area (TPSA) is 109 Å². The molecule has 2 N–H and O–H groups in total. The molecular weight excluding hydrogens is 500 g/mol. The molecule has 2 aromatic carbocycles. The Balaban J connectivity index is 1.24. The number of allylic oxidation sites excluding steroid dienone is 1. The number of aliphatic hydroxyl groups is 1. The number of nitrogens with one attached hydrogen (secondary N) is 1. The van der Waals surface area contributed by atoms with Gasteiger partial charge in [0.1, 0.15) is 16.6 Å². The van der Waals surface area contributed by atoms with Crippen LogP contribution in [0, 0.1) is 19.3 Å². The minimum absolute atomic E-state index is 0.0727. The smallest absolute Gasteiger partial charge is 0.338 e. The molecule has 4 aromatic rings. The number of carbonyl (C=O) groups is 2. The molecule has 0 saturated carbocycles. The fourth-order valence-corrected chi connectivity index (χ4v) is 5.60. The summed E-state index contributed by atoms with van der Waals surface area (Å²) in [4.78, 5) is 31.5. The van der Waals surface area contributed by atoms with Crippen molar-refractivity contribution < 1.29 is 19.4 Å². The van der Waals surface area contributed by atoms with Crippen LogP contribution in [0.3, 0.4) is 0 Å². The van der Waals surface area contributed by atoms with Gasteiger partial charge in [0.05, 0.1) is 27.9 Å². The predicted molar refractivity (Wildman–Crippen MR) is 149 cm³/mol. The third kappa shape index (κ3) is 4.52. The number of hydrogen-bond donors (Lipinski definition) is 2. The number of fused-ring (bicyclic) bond motifs is 1. The molecule has 0 aliphatic carbocycles. The Morgan fingerprint density at radius 2 is 1.92 bits per heavy atom. The monoisotopic (exact) mass is 526 g/mol. The molecule has 0 amide bonds. The van der Waals surface area contributed by atoms with Gasteiger partial charge < -0.3 is 19.3 Å². The summed E-state index contributed by atoms with van der Waals surface area (Å²) in [5.74, 6) is -0.676. The van der Waals surface area contributed by atoms with Gasteiger partial charge in [-0.1, -0.05) is 18.2 Å². The van der Waals surface area contributed by atoms with Crippen molar-refractivity contribution in [3.63, 3.8) is 0 Å². The van der Waals surface area contributed by atoms with E-state index in [1.165, 1.54) is 11.3 Å².